The van der Waals surface area contributed by atoms with E-state index in [0.29, 0.717) is 0 Å². The second kappa shape index (κ2) is 11.0. The first-order valence-corrected chi connectivity index (χ1v) is 20.3. The highest BCUT2D eigenvalue weighted by atomic mass is 32.1. The normalized spacial score (nSPS) is 12.4. The Morgan fingerprint density at radius 2 is 0.927 bits per heavy atom. The number of pyridine rings is 1. The van der Waals surface area contributed by atoms with Gasteiger partial charge in [-0.05, 0) is 85.2 Å². The summed E-state index contributed by atoms with van der Waals surface area (Å²) in [5.74, 6) is 0.935. The molecule has 0 bridgehead atoms. The summed E-state index contributed by atoms with van der Waals surface area (Å²) in [5.41, 5.74) is 4.76. The van der Waals surface area contributed by atoms with Gasteiger partial charge in [0.05, 0.1) is 11.0 Å². The van der Waals surface area contributed by atoms with Crippen molar-refractivity contribution in [1.82, 2.24) is 9.55 Å². The number of aromatic nitrogens is 2. The number of rotatable bonds is 2. The average Bonchev–Trinajstić information content (AvgIpc) is 3.92. The average molecular weight is 733 g/mol. The van der Waals surface area contributed by atoms with Crippen LogP contribution in [0.5, 0.6) is 0 Å². The maximum Gasteiger partial charge on any atom is 0.139 e. The fraction of sp³-hybridized carbons (Fsp3) is 0. The predicted octanol–water partition coefficient (Wildman–Crippen LogP) is 15.2. The monoisotopic (exact) mass is 732 g/mol. The molecule has 0 radical (unpaired) electrons. The van der Waals surface area contributed by atoms with Crippen LogP contribution in [-0.4, -0.2) is 9.55 Å². The molecule has 0 unspecified atom stereocenters. The minimum atomic E-state index is 0.935. The van der Waals surface area contributed by atoms with Crippen molar-refractivity contribution in [1.29, 1.82) is 0 Å². The first kappa shape index (κ1) is 29.8. The van der Waals surface area contributed by atoms with Gasteiger partial charge in [0.15, 0.2) is 0 Å². The van der Waals surface area contributed by atoms with Crippen LogP contribution in [0.25, 0.3) is 122 Å². The van der Waals surface area contributed by atoms with Gasteiger partial charge in [0.2, 0.25) is 0 Å². The molecule has 0 amide bonds. The van der Waals surface area contributed by atoms with E-state index < -0.39 is 0 Å². The summed E-state index contributed by atoms with van der Waals surface area (Å²) in [7, 11) is 0. The van der Waals surface area contributed by atoms with Gasteiger partial charge in [0.25, 0.3) is 0 Å². The molecule has 0 atom stereocenters. The Bertz CT molecular complexity index is 3750. The fourth-order valence-electron chi connectivity index (χ4n) is 9.45. The number of benzene rings is 9. The van der Waals surface area contributed by atoms with Crippen LogP contribution in [-0.2, 0) is 0 Å². The molecule has 0 spiro atoms. The van der Waals surface area contributed by atoms with E-state index in [9.17, 15) is 0 Å². The first-order chi connectivity index (χ1) is 27.3. The van der Waals surface area contributed by atoms with Crippen LogP contribution in [0.4, 0.5) is 0 Å². The predicted molar refractivity (Wildman–Crippen MR) is 240 cm³/mol. The highest BCUT2D eigenvalue weighted by molar-refractivity contribution is 7.26. The maximum atomic E-state index is 5.59. The molecule has 0 saturated carbocycles. The van der Waals surface area contributed by atoms with E-state index in [4.69, 9.17) is 4.98 Å². The highest BCUT2D eigenvalue weighted by Gasteiger charge is 2.23. The summed E-state index contributed by atoms with van der Waals surface area (Å²) in [6.07, 6.45) is 0. The lowest BCUT2D eigenvalue weighted by atomic mass is 9.91. The van der Waals surface area contributed by atoms with Crippen LogP contribution in [0.3, 0.4) is 0 Å². The van der Waals surface area contributed by atoms with Crippen LogP contribution in [0.2, 0.25) is 0 Å². The number of hydrogen-bond acceptors (Lipinski definition) is 3. The quantitative estimate of drug-likeness (QED) is 0.162. The standard InChI is InChI=1S/C51H28N2S2/c1-2-12-31-29(11-1)22-25-41-49(31)50-42(26-24-38-34-15-4-3-13-32(34)33-14-5-6-17-37(33)47(38)50)53(41)46-28-40(48-39-18-8-10-20-44(39)55-51(48)52-46)30-21-23-36-35-16-7-9-19-43(35)54-45(36)27-30/h1-28H. The Kier molecular flexibility index (Phi) is 5.96. The molecule has 13 rings (SSSR count). The summed E-state index contributed by atoms with van der Waals surface area (Å²) in [6.45, 7) is 0. The van der Waals surface area contributed by atoms with Gasteiger partial charge in [-0.25, -0.2) is 4.98 Å². The Balaban J connectivity index is 1.21. The topological polar surface area (TPSA) is 17.8 Å². The molecule has 0 aliphatic heterocycles. The van der Waals surface area contributed by atoms with Crippen molar-refractivity contribution in [3.63, 3.8) is 0 Å². The zero-order valence-corrected chi connectivity index (χ0v) is 31.0. The van der Waals surface area contributed by atoms with Crippen molar-refractivity contribution >= 4 is 128 Å². The van der Waals surface area contributed by atoms with Crippen molar-refractivity contribution in [2.75, 3.05) is 0 Å². The van der Waals surface area contributed by atoms with Crippen molar-refractivity contribution in [2.24, 2.45) is 0 Å². The first-order valence-electron chi connectivity index (χ1n) is 18.7. The van der Waals surface area contributed by atoms with Gasteiger partial charge in [0, 0.05) is 51.8 Å². The Labute approximate surface area is 322 Å². The van der Waals surface area contributed by atoms with Crippen molar-refractivity contribution in [3.8, 4) is 16.9 Å². The molecule has 0 N–H and O–H groups in total. The van der Waals surface area contributed by atoms with Crippen molar-refractivity contribution < 1.29 is 0 Å². The van der Waals surface area contributed by atoms with Crippen LogP contribution in [0, 0.1) is 0 Å². The minimum Gasteiger partial charge on any atom is -0.294 e. The van der Waals surface area contributed by atoms with Crippen LogP contribution in [0.1, 0.15) is 0 Å². The number of fused-ring (bicyclic) bond motifs is 18. The van der Waals surface area contributed by atoms with Gasteiger partial charge < -0.3 is 0 Å². The second-order valence-electron chi connectivity index (χ2n) is 14.6. The van der Waals surface area contributed by atoms with Gasteiger partial charge in [-0.3, -0.25) is 4.57 Å². The molecule has 0 aliphatic rings. The van der Waals surface area contributed by atoms with E-state index in [2.05, 4.69) is 174 Å². The highest BCUT2D eigenvalue weighted by Crippen LogP contribution is 2.47. The summed E-state index contributed by atoms with van der Waals surface area (Å²) in [6, 6.07) is 62.8. The zero-order chi connectivity index (χ0) is 35.8. The second-order valence-corrected chi connectivity index (χ2v) is 16.7. The molecule has 254 valence electrons. The lowest BCUT2D eigenvalue weighted by Gasteiger charge is -2.13. The van der Waals surface area contributed by atoms with Crippen molar-refractivity contribution in [2.45, 2.75) is 0 Å². The SMILES string of the molecule is c1ccc2c(c1)ccc1c2c2c3c4ccccc4c4ccccc4c3ccc2n1-c1cc(-c2ccc3c(c2)sc2ccccc23)c2c(n1)sc1ccccc12. The van der Waals surface area contributed by atoms with Gasteiger partial charge in [-0.1, -0.05) is 133 Å². The zero-order valence-electron chi connectivity index (χ0n) is 29.4. The van der Waals surface area contributed by atoms with Gasteiger partial charge in [-0.15, -0.1) is 22.7 Å². The molecule has 0 aliphatic carbocycles. The largest absolute Gasteiger partial charge is 0.294 e. The number of thiophene rings is 2. The molecular formula is C51H28N2S2. The summed E-state index contributed by atoms with van der Waals surface area (Å²) in [4.78, 5) is 6.65. The third-order valence-electron chi connectivity index (χ3n) is 11.8. The van der Waals surface area contributed by atoms with Crippen LogP contribution < -0.4 is 0 Å². The molecule has 0 saturated heterocycles. The lowest BCUT2D eigenvalue weighted by molar-refractivity contribution is 1.11. The molecule has 55 heavy (non-hydrogen) atoms. The van der Waals surface area contributed by atoms with E-state index in [1.54, 1.807) is 11.3 Å². The summed E-state index contributed by atoms with van der Waals surface area (Å²) < 4.78 is 6.31. The van der Waals surface area contributed by atoms with Crippen LogP contribution >= 0.6 is 22.7 Å². The van der Waals surface area contributed by atoms with E-state index in [1.807, 2.05) is 11.3 Å². The lowest BCUT2D eigenvalue weighted by Crippen LogP contribution is -1.98. The Morgan fingerprint density at radius 3 is 1.73 bits per heavy atom. The van der Waals surface area contributed by atoms with E-state index in [1.165, 1.54) is 101 Å². The molecule has 13 aromatic rings. The fourth-order valence-corrected chi connectivity index (χ4v) is 11.7. The van der Waals surface area contributed by atoms with E-state index in [-0.39, 0.29) is 0 Å². The Morgan fingerprint density at radius 1 is 0.364 bits per heavy atom. The summed E-state index contributed by atoms with van der Waals surface area (Å²) in [5, 5.41) is 17.8. The summed E-state index contributed by atoms with van der Waals surface area (Å²) >= 11 is 3.66. The Hall–Kier alpha value is -6.59. The van der Waals surface area contributed by atoms with Gasteiger partial charge in [-0.2, -0.15) is 0 Å². The number of nitrogens with zero attached hydrogens (tertiary/aromatic N) is 2. The van der Waals surface area contributed by atoms with E-state index >= 15 is 0 Å². The molecule has 2 nitrogen and oxygen atoms in total. The molecule has 4 heterocycles. The van der Waals surface area contributed by atoms with E-state index in [0.717, 1.165) is 21.7 Å². The van der Waals surface area contributed by atoms with Crippen LogP contribution in [0.15, 0.2) is 170 Å². The van der Waals surface area contributed by atoms with Gasteiger partial charge in [0.1, 0.15) is 10.6 Å². The third kappa shape index (κ3) is 4.05. The number of hydrogen-bond donors (Lipinski definition) is 0. The maximum absolute atomic E-state index is 5.59. The molecular weight excluding hydrogens is 705 g/mol. The van der Waals surface area contributed by atoms with Crippen molar-refractivity contribution in [3.05, 3.63) is 170 Å². The van der Waals surface area contributed by atoms with Gasteiger partial charge >= 0.3 is 0 Å². The molecule has 0 fully saturated rings. The molecule has 4 heteroatoms. The third-order valence-corrected chi connectivity index (χ3v) is 14.0. The molecule has 4 aromatic heterocycles. The minimum absolute atomic E-state index is 0.935. The smallest absolute Gasteiger partial charge is 0.139 e. The molecule has 9 aromatic carbocycles.